The number of hydrogen-bond acceptors (Lipinski definition) is 2. The van der Waals surface area contributed by atoms with Gasteiger partial charge in [0.2, 0.25) is 5.91 Å². The molecular weight excluding hydrogens is 258 g/mol. The van der Waals surface area contributed by atoms with Crippen LogP contribution < -0.4 is 5.56 Å². The lowest BCUT2D eigenvalue weighted by atomic mass is 10.2. The van der Waals surface area contributed by atoms with Crippen LogP contribution in [-0.2, 0) is 0 Å². The lowest BCUT2D eigenvalue weighted by Gasteiger charge is -1.98. The van der Waals surface area contributed by atoms with Crippen molar-refractivity contribution in [2.45, 2.75) is 6.92 Å². The fourth-order valence-electron chi connectivity index (χ4n) is 1.55. The number of fused-ring (bicyclic) bond motifs is 1. The van der Waals surface area contributed by atoms with Crippen LogP contribution in [0.25, 0.3) is 11.3 Å². The van der Waals surface area contributed by atoms with Crippen LogP contribution in [0.2, 0.25) is 0 Å². The van der Waals surface area contributed by atoms with Crippen LogP contribution in [0.3, 0.4) is 0 Å². The van der Waals surface area contributed by atoms with Crippen molar-refractivity contribution in [2.24, 2.45) is 0 Å². The van der Waals surface area contributed by atoms with E-state index in [0.29, 0.717) is 10.2 Å². The minimum Gasteiger partial charge on any atom is -0.274 e. The van der Waals surface area contributed by atoms with Gasteiger partial charge in [0, 0.05) is 12.5 Å². The van der Waals surface area contributed by atoms with E-state index < -0.39 is 0 Å². The topological polar surface area (TPSA) is 39.1 Å². The van der Waals surface area contributed by atoms with Gasteiger partial charge in [0.1, 0.15) is 0 Å². The molecule has 1 aliphatic carbocycles. The van der Waals surface area contributed by atoms with Gasteiger partial charge in [0.25, 0.3) is 5.56 Å². The minimum absolute atomic E-state index is 0.276. The molecular formula is C11H8BrNO2. The molecule has 1 heterocycles. The lowest BCUT2D eigenvalue weighted by molar-refractivity contribution is 0.0935. The zero-order valence-electron chi connectivity index (χ0n) is 8.03. The molecule has 4 heteroatoms. The predicted octanol–water partition coefficient (Wildman–Crippen LogP) is 2.38. The molecule has 0 aromatic rings. The standard InChI is InChI=1S/C11H8BrNO2/c1-7(14)13-9-6-4-2-3-5-8(9)10(12)11(13)15/h2-6H,1H3. The molecule has 0 amide bonds. The summed E-state index contributed by atoms with van der Waals surface area (Å²) in [5.41, 5.74) is 1.08. The third-order valence-corrected chi connectivity index (χ3v) is 2.96. The number of carbonyl (C=O) groups is 1. The van der Waals surface area contributed by atoms with E-state index in [9.17, 15) is 9.59 Å². The predicted molar refractivity (Wildman–Crippen MR) is 61.3 cm³/mol. The van der Waals surface area contributed by atoms with E-state index in [1.165, 1.54) is 11.5 Å². The average molecular weight is 266 g/mol. The normalized spacial score (nSPS) is 10.5. The van der Waals surface area contributed by atoms with Crippen molar-refractivity contribution in [1.82, 2.24) is 4.57 Å². The van der Waals surface area contributed by atoms with E-state index >= 15 is 0 Å². The molecule has 76 valence electrons. The Kier molecular flexibility index (Phi) is 2.44. The Bertz CT molecular complexity index is 559. The molecule has 0 atom stereocenters. The molecule has 0 saturated carbocycles. The summed E-state index contributed by atoms with van der Waals surface area (Å²) in [6.07, 6.45) is 0. The van der Waals surface area contributed by atoms with Gasteiger partial charge >= 0.3 is 0 Å². The van der Waals surface area contributed by atoms with Crippen molar-refractivity contribution >= 4 is 21.8 Å². The van der Waals surface area contributed by atoms with Gasteiger partial charge in [-0.15, -0.1) is 0 Å². The number of aromatic nitrogens is 1. The van der Waals surface area contributed by atoms with E-state index in [4.69, 9.17) is 0 Å². The van der Waals surface area contributed by atoms with Gasteiger partial charge in [-0.2, -0.15) is 0 Å². The van der Waals surface area contributed by atoms with Gasteiger partial charge in [-0.1, -0.05) is 24.3 Å². The Labute approximate surface area is 94.8 Å². The molecule has 0 aromatic heterocycles. The van der Waals surface area contributed by atoms with E-state index in [-0.39, 0.29) is 11.5 Å². The summed E-state index contributed by atoms with van der Waals surface area (Å²) < 4.78 is 1.60. The highest BCUT2D eigenvalue weighted by molar-refractivity contribution is 9.10. The third kappa shape index (κ3) is 1.51. The fraction of sp³-hybridized carbons (Fsp3) is 0.0909. The maximum absolute atomic E-state index is 11.7. The molecule has 1 aliphatic heterocycles. The van der Waals surface area contributed by atoms with Crippen molar-refractivity contribution < 1.29 is 4.79 Å². The van der Waals surface area contributed by atoms with Gasteiger partial charge in [-0.25, -0.2) is 4.57 Å². The van der Waals surface area contributed by atoms with Gasteiger partial charge in [0.15, 0.2) is 0 Å². The van der Waals surface area contributed by atoms with Gasteiger partial charge < -0.3 is 0 Å². The molecule has 0 radical (unpaired) electrons. The highest BCUT2D eigenvalue weighted by Crippen LogP contribution is 2.27. The maximum Gasteiger partial charge on any atom is 0.272 e. The van der Waals surface area contributed by atoms with Crippen molar-refractivity contribution in [3.05, 3.63) is 45.2 Å². The number of rotatable bonds is 0. The van der Waals surface area contributed by atoms with E-state index in [2.05, 4.69) is 15.9 Å². The first kappa shape index (κ1) is 10.1. The largest absolute Gasteiger partial charge is 0.274 e. The first-order valence-corrected chi connectivity index (χ1v) is 5.22. The van der Waals surface area contributed by atoms with E-state index in [1.807, 2.05) is 12.1 Å². The van der Waals surface area contributed by atoms with Crippen molar-refractivity contribution in [2.75, 3.05) is 0 Å². The summed E-state index contributed by atoms with van der Waals surface area (Å²) in [5, 5.41) is 0. The Morgan fingerprint density at radius 1 is 1.27 bits per heavy atom. The Balaban J connectivity index is 2.93. The van der Waals surface area contributed by atoms with Gasteiger partial charge in [-0.3, -0.25) is 9.59 Å². The average Bonchev–Trinajstić information content (AvgIpc) is 2.40. The minimum atomic E-state index is -0.302. The van der Waals surface area contributed by atoms with Crippen molar-refractivity contribution in [3.8, 4) is 11.3 Å². The van der Waals surface area contributed by atoms with Crippen LogP contribution in [0.1, 0.15) is 11.7 Å². The fourth-order valence-corrected chi connectivity index (χ4v) is 2.07. The van der Waals surface area contributed by atoms with Crippen LogP contribution in [0.4, 0.5) is 0 Å². The first-order valence-electron chi connectivity index (χ1n) is 4.43. The van der Waals surface area contributed by atoms with E-state index in [1.54, 1.807) is 18.2 Å². The lowest BCUT2D eigenvalue weighted by Crippen LogP contribution is -2.20. The molecule has 15 heavy (non-hydrogen) atoms. The highest BCUT2D eigenvalue weighted by Gasteiger charge is 2.19. The number of carbonyl (C=O) groups excluding carboxylic acids is 1. The number of hydrogen-bond donors (Lipinski definition) is 0. The Morgan fingerprint density at radius 3 is 2.60 bits per heavy atom. The molecule has 0 unspecified atom stereocenters. The first-order chi connectivity index (χ1) is 7.13. The van der Waals surface area contributed by atoms with Gasteiger partial charge in [0.05, 0.1) is 10.2 Å². The number of nitrogens with zero attached hydrogens (tertiary/aromatic N) is 1. The summed E-state index contributed by atoms with van der Waals surface area (Å²) in [4.78, 5) is 23.1. The zero-order chi connectivity index (χ0) is 11.0. The second kappa shape index (κ2) is 3.62. The number of halogens is 1. The summed E-state index contributed by atoms with van der Waals surface area (Å²) >= 11 is 3.21. The van der Waals surface area contributed by atoms with Gasteiger partial charge in [-0.05, 0) is 22.0 Å². The molecule has 2 rings (SSSR count). The monoisotopic (exact) mass is 265 g/mol. The molecule has 0 fully saturated rings. The van der Waals surface area contributed by atoms with Crippen LogP contribution in [0, 0.1) is 0 Å². The molecule has 0 aromatic carbocycles. The molecule has 3 nitrogen and oxygen atoms in total. The molecule has 2 aliphatic rings. The van der Waals surface area contributed by atoms with Crippen molar-refractivity contribution in [3.63, 3.8) is 0 Å². The highest BCUT2D eigenvalue weighted by atomic mass is 79.9. The summed E-state index contributed by atoms with van der Waals surface area (Å²) in [7, 11) is 0. The van der Waals surface area contributed by atoms with Crippen LogP contribution >= 0.6 is 15.9 Å². The zero-order valence-corrected chi connectivity index (χ0v) is 9.61. The molecule has 0 N–H and O–H groups in total. The van der Waals surface area contributed by atoms with Crippen LogP contribution in [-0.4, -0.2) is 10.5 Å². The quantitative estimate of drug-likeness (QED) is 0.734. The third-order valence-electron chi connectivity index (χ3n) is 2.20. The summed E-state index contributed by atoms with van der Waals surface area (Å²) in [6, 6.07) is 9.04. The SMILES string of the molecule is CC(=O)n1c2cccccc-2c(Br)c1=O. The summed E-state index contributed by atoms with van der Waals surface area (Å²) in [5.74, 6) is -0.276. The second-order valence-corrected chi connectivity index (χ2v) is 3.98. The summed E-state index contributed by atoms with van der Waals surface area (Å²) in [6.45, 7) is 1.38. The van der Waals surface area contributed by atoms with Crippen LogP contribution in [0.5, 0.6) is 0 Å². The second-order valence-electron chi connectivity index (χ2n) is 3.18. The maximum atomic E-state index is 11.7. The van der Waals surface area contributed by atoms with E-state index in [0.717, 1.165) is 5.56 Å². The molecule has 0 spiro atoms. The Morgan fingerprint density at radius 2 is 1.93 bits per heavy atom. The smallest absolute Gasteiger partial charge is 0.272 e. The van der Waals surface area contributed by atoms with Crippen molar-refractivity contribution in [1.29, 1.82) is 0 Å². The molecule has 0 bridgehead atoms. The van der Waals surface area contributed by atoms with Crippen LogP contribution in [0.15, 0.2) is 39.6 Å². The molecule has 0 saturated heterocycles. The Hall–Kier alpha value is -1.42.